The Bertz CT molecular complexity index is 531. The molecule has 2 unspecified atom stereocenters. The van der Waals surface area contributed by atoms with E-state index in [1.807, 2.05) is 6.07 Å². The van der Waals surface area contributed by atoms with E-state index in [9.17, 15) is 13.9 Å². The molecule has 2 atom stereocenters. The standard InChI is InChI=1S/C14H13F2NO/c15-10-6-7-11(12(16)8-10)14(18)13(17)9-4-2-1-3-5-9/h1-8,13-14,18H,17H2. The van der Waals surface area contributed by atoms with Crippen molar-refractivity contribution in [2.24, 2.45) is 5.73 Å². The summed E-state index contributed by atoms with van der Waals surface area (Å²) in [5.74, 6) is -1.48. The first-order valence-electron chi connectivity index (χ1n) is 5.53. The zero-order valence-electron chi connectivity index (χ0n) is 9.55. The fourth-order valence-electron chi connectivity index (χ4n) is 1.79. The van der Waals surface area contributed by atoms with Gasteiger partial charge in [0.1, 0.15) is 17.7 Å². The maximum absolute atomic E-state index is 13.5. The van der Waals surface area contributed by atoms with Gasteiger partial charge in [0.05, 0.1) is 6.04 Å². The van der Waals surface area contributed by atoms with Crippen LogP contribution in [0.3, 0.4) is 0 Å². The van der Waals surface area contributed by atoms with Crippen LogP contribution in [-0.4, -0.2) is 5.11 Å². The Morgan fingerprint density at radius 2 is 1.67 bits per heavy atom. The van der Waals surface area contributed by atoms with Gasteiger partial charge < -0.3 is 10.8 Å². The third-order valence-electron chi connectivity index (χ3n) is 2.81. The lowest BCUT2D eigenvalue weighted by atomic mass is 9.96. The maximum Gasteiger partial charge on any atom is 0.131 e. The largest absolute Gasteiger partial charge is 0.386 e. The molecule has 2 aromatic rings. The van der Waals surface area contributed by atoms with Crippen LogP contribution >= 0.6 is 0 Å². The van der Waals surface area contributed by atoms with Gasteiger partial charge in [0.2, 0.25) is 0 Å². The van der Waals surface area contributed by atoms with Gasteiger partial charge >= 0.3 is 0 Å². The summed E-state index contributed by atoms with van der Waals surface area (Å²) in [5, 5.41) is 10.0. The maximum atomic E-state index is 13.5. The van der Waals surface area contributed by atoms with Gasteiger partial charge in [-0.25, -0.2) is 8.78 Å². The van der Waals surface area contributed by atoms with E-state index in [-0.39, 0.29) is 5.56 Å². The van der Waals surface area contributed by atoms with E-state index in [1.165, 1.54) is 6.07 Å². The number of nitrogens with two attached hydrogens (primary N) is 1. The van der Waals surface area contributed by atoms with Crippen LogP contribution in [0, 0.1) is 11.6 Å². The summed E-state index contributed by atoms with van der Waals surface area (Å²) in [4.78, 5) is 0. The van der Waals surface area contributed by atoms with E-state index in [0.717, 1.165) is 12.1 Å². The van der Waals surface area contributed by atoms with Crippen LogP contribution < -0.4 is 5.73 Å². The van der Waals surface area contributed by atoms with Gasteiger partial charge in [0, 0.05) is 11.6 Å². The summed E-state index contributed by atoms with van der Waals surface area (Å²) in [5.41, 5.74) is 6.55. The van der Waals surface area contributed by atoms with Crippen LogP contribution in [0.15, 0.2) is 48.5 Å². The Labute approximate surface area is 104 Å². The molecule has 3 N–H and O–H groups in total. The van der Waals surface area contributed by atoms with E-state index < -0.39 is 23.8 Å². The number of hydrogen-bond acceptors (Lipinski definition) is 2. The molecule has 0 saturated carbocycles. The molecule has 0 heterocycles. The molecule has 0 spiro atoms. The molecule has 2 aromatic carbocycles. The first-order valence-corrected chi connectivity index (χ1v) is 5.53. The smallest absolute Gasteiger partial charge is 0.131 e. The number of benzene rings is 2. The first kappa shape index (κ1) is 12.7. The summed E-state index contributed by atoms with van der Waals surface area (Å²) in [7, 11) is 0. The Kier molecular flexibility index (Phi) is 3.69. The third-order valence-corrected chi connectivity index (χ3v) is 2.81. The van der Waals surface area contributed by atoms with Crippen molar-refractivity contribution in [3.8, 4) is 0 Å². The number of aliphatic hydroxyl groups excluding tert-OH is 1. The van der Waals surface area contributed by atoms with Gasteiger partial charge in [-0.15, -0.1) is 0 Å². The molecule has 0 fully saturated rings. The summed E-state index contributed by atoms with van der Waals surface area (Å²) < 4.78 is 26.3. The molecule has 0 aliphatic carbocycles. The molecule has 18 heavy (non-hydrogen) atoms. The summed E-state index contributed by atoms with van der Waals surface area (Å²) >= 11 is 0. The van der Waals surface area contributed by atoms with Crippen molar-refractivity contribution in [2.45, 2.75) is 12.1 Å². The molecular weight excluding hydrogens is 236 g/mol. The zero-order chi connectivity index (χ0) is 13.1. The number of hydrogen-bond donors (Lipinski definition) is 2. The molecule has 4 heteroatoms. The first-order chi connectivity index (χ1) is 8.59. The highest BCUT2D eigenvalue weighted by molar-refractivity contribution is 5.27. The molecule has 0 aliphatic rings. The molecule has 2 rings (SSSR count). The van der Waals surface area contributed by atoms with Gasteiger partial charge in [0.25, 0.3) is 0 Å². The minimum Gasteiger partial charge on any atom is -0.386 e. The third kappa shape index (κ3) is 2.55. The predicted octanol–water partition coefficient (Wildman–Crippen LogP) is 2.70. The second kappa shape index (κ2) is 5.25. The normalized spacial score (nSPS) is 14.2. The zero-order valence-corrected chi connectivity index (χ0v) is 9.55. The predicted molar refractivity (Wildman–Crippen MR) is 64.7 cm³/mol. The molecule has 94 valence electrons. The van der Waals surface area contributed by atoms with Crippen LogP contribution in [0.25, 0.3) is 0 Å². The molecule has 0 saturated heterocycles. The van der Waals surface area contributed by atoms with Gasteiger partial charge in [-0.3, -0.25) is 0 Å². The fourth-order valence-corrected chi connectivity index (χ4v) is 1.79. The summed E-state index contributed by atoms with van der Waals surface area (Å²) in [6.07, 6.45) is -1.21. The van der Waals surface area contributed by atoms with Crippen LogP contribution in [-0.2, 0) is 0 Å². The van der Waals surface area contributed by atoms with Gasteiger partial charge in [-0.1, -0.05) is 36.4 Å². The van der Waals surface area contributed by atoms with Crippen molar-refractivity contribution in [2.75, 3.05) is 0 Å². The van der Waals surface area contributed by atoms with Crippen molar-refractivity contribution in [1.29, 1.82) is 0 Å². The molecular formula is C14H13F2NO. The SMILES string of the molecule is NC(c1ccccc1)C(O)c1ccc(F)cc1F. The molecule has 0 radical (unpaired) electrons. The highest BCUT2D eigenvalue weighted by Gasteiger charge is 2.21. The van der Waals surface area contributed by atoms with Crippen molar-refractivity contribution < 1.29 is 13.9 Å². The van der Waals surface area contributed by atoms with E-state index in [1.54, 1.807) is 24.3 Å². The van der Waals surface area contributed by atoms with E-state index in [2.05, 4.69) is 0 Å². The average Bonchev–Trinajstić information content (AvgIpc) is 2.38. The lowest BCUT2D eigenvalue weighted by Crippen LogP contribution is -2.20. The number of rotatable bonds is 3. The lowest BCUT2D eigenvalue weighted by Gasteiger charge is -2.20. The topological polar surface area (TPSA) is 46.2 Å². The minimum atomic E-state index is -1.21. The van der Waals surface area contributed by atoms with Gasteiger partial charge in [-0.05, 0) is 11.6 Å². The summed E-state index contributed by atoms with van der Waals surface area (Å²) in [6.45, 7) is 0. The minimum absolute atomic E-state index is 0.00671. The summed E-state index contributed by atoms with van der Waals surface area (Å²) in [6, 6.07) is 11.1. The van der Waals surface area contributed by atoms with E-state index in [0.29, 0.717) is 5.56 Å². The number of halogens is 2. The van der Waals surface area contributed by atoms with Crippen LogP contribution in [0.2, 0.25) is 0 Å². The Hall–Kier alpha value is -1.78. The molecule has 0 bridgehead atoms. The van der Waals surface area contributed by atoms with Crippen LogP contribution in [0.5, 0.6) is 0 Å². The molecule has 0 aliphatic heterocycles. The quantitative estimate of drug-likeness (QED) is 0.878. The second-order valence-corrected chi connectivity index (χ2v) is 4.05. The highest BCUT2D eigenvalue weighted by atomic mass is 19.1. The second-order valence-electron chi connectivity index (χ2n) is 4.05. The van der Waals surface area contributed by atoms with E-state index in [4.69, 9.17) is 5.73 Å². The van der Waals surface area contributed by atoms with E-state index >= 15 is 0 Å². The monoisotopic (exact) mass is 249 g/mol. The lowest BCUT2D eigenvalue weighted by molar-refractivity contribution is 0.142. The number of aliphatic hydroxyl groups is 1. The Balaban J connectivity index is 2.28. The fraction of sp³-hybridized carbons (Fsp3) is 0.143. The van der Waals surface area contributed by atoms with Crippen LogP contribution in [0.1, 0.15) is 23.3 Å². The van der Waals surface area contributed by atoms with Crippen molar-refractivity contribution >= 4 is 0 Å². The van der Waals surface area contributed by atoms with Gasteiger partial charge in [-0.2, -0.15) is 0 Å². The van der Waals surface area contributed by atoms with Crippen molar-refractivity contribution in [3.63, 3.8) is 0 Å². The average molecular weight is 249 g/mol. The molecule has 0 aromatic heterocycles. The van der Waals surface area contributed by atoms with Crippen molar-refractivity contribution in [3.05, 3.63) is 71.3 Å². The molecule has 2 nitrogen and oxygen atoms in total. The Morgan fingerprint density at radius 3 is 2.28 bits per heavy atom. The van der Waals surface area contributed by atoms with Crippen LogP contribution in [0.4, 0.5) is 8.78 Å². The molecule has 0 amide bonds. The van der Waals surface area contributed by atoms with Crippen molar-refractivity contribution in [1.82, 2.24) is 0 Å². The Morgan fingerprint density at radius 1 is 1.00 bits per heavy atom. The highest BCUT2D eigenvalue weighted by Crippen LogP contribution is 2.28. The van der Waals surface area contributed by atoms with Gasteiger partial charge in [0.15, 0.2) is 0 Å².